The molecule has 2 amide bonds. The molecule has 0 aliphatic rings. The fraction of sp³-hybridized carbons (Fsp3) is 0.200. The largest absolute Gasteiger partial charge is 0.483 e. The maximum atomic E-state index is 11.4. The number of hydrogen-bond donors (Lipinski definition) is 1. The quantitative estimate of drug-likeness (QED) is 0.919. The predicted molar refractivity (Wildman–Crippen MR) is 81.1 cm³/mol. The number of nitrogen functional groups attached to an aromatic ring is 1. The number of rotatable bonds is 4. The summed E-state index contributed by atoms with van der Waals surface area (Å²) in [7, 11) is 0. The van der Waals surface area contributed by atoms with Crippen molar-refractivity contribution in [1.29, 1.82) is 0 Å². The molecule has 1 aromatic carbocycles. The van der Waals surface area contributed by atoms with Crippen molar-refractivity contribution in [3.8, 4) is 5.75 Å². The zero-order valence-corrected chi connectivity index (χ0v) is 12.3. The van der Waals surface area contributed by atoms with Crippen LogP contribution in [0.2, 0.25) is 0 Å². The van der Waals surface area contributed by atoms with Crippen LogP contribution < -0.4 is 15.4 Å². The summed E-state index contributed by atoms with van der Waals surface area (Å²) >= 11 is 0. The summed E-state index contributed by atoms with van der Waals surface area (Å²) in [4.78, 5) is 31.7. The van der Waals surface area contributed by atoms with Crippen LogP contribution in [0.3, 0.4) is 0 Å². The summed E-state index contributed by atoms with van der Waals surface area (Å²) in [5, 5.41) is 0. The average molecular weight is 300 g/mol. The van der Waals surface area contributed by atoms with E-state index >= 15 is 0 Å². The van der Waals surface area contributed by atoms with E-state index in [4.69, 9.17) is 10.5 Å². The van der Waals surface area contributed by atoms with E-state index in [2.05, 4.69) is 9.97 Å². The zero-order valence-electron chi connectivity index (χ0n) is 12.3. The third-order valence-corrected chi connectivity index (χ3v) is 2.84. The van der Waals surface area contributed by atoms with Gasteiger partial charge in [0, 0.05) is 13.8 Å². The number of nitrogens with zero attached hydrogens (tertiary/aromatic N) is 3. The highest BCUT2D eigenvalue weighted by atomic mass is 16.5. The third-order valence-electron chi connectivity index (χ3n) is 2.84. The number of imide groups is 1. The van der Waals surface area contributed by atoms with Gasteiger partial charge >= 0.3 is 0 Å². The van der Waals surface area contributed by atoms with Crippen molar-refractivity contribution in [2.24, 2.45) is 0 Å². The smallest absolute Gasteiger partial charge is 0.241 e. The van der Waals surface area contributed by atoms with Crippen molar-refractivity contribution >= 4 is 23.6 Å². The monoisotopic (exact) mass is 300 g/mol. The fourth-order valence-corrected chi connectivity index (χ4v) is 1.83. The first-order valence-corrected chi connectivity index (χ1v) is 6.59. The molecule has 1 heterocycles. The van der Waals surface area contributed by atoms with Crippen LogP contribution in [-0.2, 0) is 16.2 Å². The lowest BCUT2D eigenvalue weighted by Gasteiger charge is -2.16. The van der Waals surface area contributed by atoms with Gasteiger partial charge in [-0.05, 0) is 5.56 Å². The molecule has 0 fully saturated rings. The maximum Gasteiger partial charge on any atom is 0.241 e. The van der Waals surface area contributed by atoms with E-state index in [0.29, 0.717) is 12.4 Å². The minimum atomic E-state index is -0.482. The highest BCUT2D eigenvalue weighted by Crippen LogP contribution is 2.22. The standard InChI is InChI=1S/C15H16N4O3/c1-10(20)19(11(2)21)15-17-8-13(14(16)18-15)22-9-12-6-4-3-5-7-12/h3-8H,9H2,1-2H3,(H2,16,17,18). The summed E-state index contributed by atoms with van der Waals surface area (Å²) in [6, 6.07) is 9.55. The number of nitrogens with two attached hydrogens (primary N) is 1. The molecule has 0 aliphatic carbocycles. The van der Waals surface area contributed by atoms with E-state index in [0.717, 1.165) is 10.5 Å². The summed E-state index contributed by atoms with van der Waals surface area (Å²) in [5.74, 6) is -0.674. The molecule has 2 rings (SSSR count). The molecule has 0 spiro atoms. The highest BCUT2D eigenvalue weighted by Gasteiger charge is 2.20. The van der Waals surface area contributed by atoms with Crippen molar-refractivity contribution in [3.63, 3.8) is 0 Å². The van der Waals surface area contributed by atoms with E-state index in [9.17, 15) is 9.59 Å². The first kappa shape index (κ1) is 15.4. The molecule has 2 aromatic rings. The second kappa shape index (κ2) is 6.66. The average Bonchev–Trinajstić information content (AvgIpc) is 2.46. The molecule has 0 unspecified atom stereocenters. The highest BCUT2D eigenvalue weighted by molar-refractivity contribution is 6.11. The van der Waals surface area contributed by atoms with E-state index in [1.54, 1.807) is 0 Å². The molecule has 1 aromatic heterocycles. The second-order valence-corrected chi connectivity index (χ2v) is 4.57. The van der Waals surface area contributed by atoms with E-state index in [1.165, 1.54) is 20.0 Å². The Bertz CT molecular complexity index is 674. The zero-order chi connectivity index (χ0) is 16.1. The van der Waals surface area contributed by atoms with Crippen molar-refractivity contribution in [1.82, 2.24) is 9.97 Å². The van der Waals surface area contributed by atoms with Crippen LogP contribution in [0.1, 0.15) is 19.4 Å². The van der Waals surface area contributed by atoms with Gasteiger partial charge in [-0.2, -0.15) is 4.98 Å². The summed E-state index contributed by atoms with van der Waals surface area (Å²) in [6.07, 6.45) is 1.35. The van der Waals surface area contributed by atoms with Gasteiger partial charge in [-0.15, -0.1) is 0 Å². The van der Waals surface area contributed by atoms with Crippen LogP contribution in [0.15, 0.2) is 36.5 Å². The Morgan fingerprint density at radius 2 is 1.82 bits per heavy atom. The molecule has 22 heavy (non-hydrogen) atoms. The molecule has 7 nitrogen and oxygen atoms in total. The van der Waals surface area contributed by atoms with Crippen molar-refractivity contribution in [2.75, 3.05) is 10.6 Å². The molecule has 0 aliphatic heterocycles. The van der Waals surface area contributed by atoms with Crippen LogP contribution in [0.4, 0.5) is 11.8 Å². The number of carbonyl (C=O) groups excluding carboxylic acids is 2. The molecular weight excluding hydrogens is 284 g/mol. The van der Waals surface area contributed by atoms with Gasteiger partial charge in [0.25, 0.3) is 0 Å². The minimum Gasteiger partial charge on any atom is -0.483 e. The maximum absolute atomic E-state index is 11.4. The van der Waals surface area contributed by atoms with Gasteiger partial charge in [0.05, 0.1) is 6.20 Å². The summed E-state index contributed by atoms with van der Waals surface area (Å²) in [6.45, 7) is 2.82. The SMILES string of the molecule is CC(=O)N(C(C)=O)c1ncc(OCc2ccccc2)c(N)n1. The van der Waals surface area contributed by atoms with Gasteiger partial charge in [-0.3, -0.25) is 9.59 Å². The Hall–Kier alpha value is -2.96. The topological polar surface area (TPSA) is 98.4 Å². The summed E-state index contributed by atoms with van der Waals surface area (Å²) < 4.78 is 5.54. The van der Waals surface area contributed by atoms with Gasteiger partial charge in [0.2, 0.25) is 17.8 Å². The summed E-state index contributed by atoms with van der Waals surface area (Å²) in [5.41, 5.74) is 6.77. The lowest BCUT2D eigenvalue weighted by Crippen LogP contribution is -2.34. The lowest BCUT2D eigenvalue weighted by atomic mass is 10.2. The Morgan fingerprint density at radius 1 is 1.18 bits per heavy atom. The third kappa shape index (κ3) is 3.57. The van der Waals surface area contributed by atoms with Crippen molar-refractivity contribution in [3.05, 3.63) is 42.1 Å². The number of amides is 2. The number of benzene rings is 1. The molecule has 2 N–H and O–H groups in total. The second-order valence-electron chi connectivity index (χ2n) is 4.57. The van der Waals surface area contributed by atoms with E-state index < -0.39 is 11.8 Å². The fourth-order valence-electron chi connectivity index (χ4n) is 1.83. The molecule has 7 heteroatoms. The van der Waals surface area contributed by atoms with E-state index in [1.807, 2.05) is 30.3 Å². The number of hydrogen-bond acceptors (Lipinski definition) is 6. The minimum absolute atomic E-state index is 0.0634. The first-order valence-electron chi connectivity index (χ1n) is 6.59. The van der Waals surface area contributed by atoms with Crippen LogP contribution in [-0.4, -0.2) is 21.8 Å². The van der Waals surface area contributed by atoms with Gasteiger partial charge in [0.1, 0.15) is 6.61 Å². The molecule has 114 valence electrons. The molecule has 0 saturated carbocycles. The Balaban J connectivity index is 2.16. The number of ether oxygens (including phenoxy) is 1. The Labute approximate surface area is 127 Å². The number of carbonyl (C=O) groups is 2. The Kier molecular flexibility index (Phi) is 4.67. The lowest BCUT2D eigenvalue weighted by molar-refractivity contribution is -0.124. The predicted octanol–water partition coefficient (Wildman–Crippen LogP) is 1.54. The van der Waals surface area contributed by atoms with Gasteiger partial charge in [0.15, 0.2) is 11.6 Å². The van der Waals surface area contributed by atoms with Crippen LogP contribution in [0.5, 0.6) is 5.75 Å². The molecule has 0 atom stereocenters. The molecular formula is C15H16N4O3. The van der Waals surface area contributed by atoms with Crippen LogP contribution >= 0.6 is 0 Å². The molecule has 0 radical (unpaired) electrons. The normalized spacial score (nSPS) is 10.1. The number of aromatic nitrogens is 2. The molecule has 0 bridgehead atoms. The van der Waals surface area contributed by atoms with Crippen LogP contribution in [0.25, 0.3) is 0 Å². The van der Waals surface area contributed by atoms with E-state index in [-0.39, 0.29) is 11.8 Å². The van der Waals surface area contributed by atoms with Gasteiger partial charge < -0.3 is 10.5 Å². The van der Waals surface area contributed by atoms with Gasteiger partial charge in [-0.25, -0.2) is 9.88 Å². The number of anilines is 2. The Morgan fingerprint density at radius 3 is 2.36 bits per heavy atom. The van der Waals surface area contributed by atoms with Gasteiger partial charge in [-0.1, -0.05) is 30.3 Å². The van der Waals surface area contributed by atoms with Crippen molar-refractivity contribution in [2.45, 2.75) is 20.5 Å². The molecule has 0 saturated heterocycles. The van der Waals surface area contributed by atoms with Crippen molar-refractivity contribution < 1.29 is 14.3 Å². The first-order chi connectivity index (χ1) is 10.5. The van der Waals surface area contributed by atoms with Crippen LogP contribution in [0, 0.1) is 0 Å².